The van der Waals surface area contributed by atoms with Crippen molar-refractivity contribution in [3.8, 4) is 0 Å². The van der Waals surface area contributed by atoms with Gasteiger partial charge in [-0.15, -0.1) is 0 Å². The molecule has 9 heteroatoms. The maximum absolute atomic E-state index is 13.1. The van der Waals surface area contributed by atoms with Gasteiger partial charge >= 0.3 is 12.1 Å². The highest BCUT2D eigenvalue weighted by Gasteiger charge is 2.38. The second-order valence-electron chi connectivity index (χ2n) is 6.45. The topological polar surface area (TPSA) is 83.6 Å². The first-order chi connectivity index (χ1) is 11.3. The average Bonchev–Trinajstić information content (AvgIpc) is 2.44. The normalized spacial score (nSPS) is 14.3. The lowest BCUT2D eigenvalue weighted by Crippen LogP contribution is -2.43. The molecular formula is C16H20F4N2O3. The SMILES string of the molecule is CC(C)(N)CC(=O)N1CCc2cc(F)ccc2C1.O=C(O)C(F)(F)F. The van der Waals surface area contributed by atoms with Gasteiger partial charge in [-0.2, -0.15) is 13.2 Å². The molecule has 0 aromatic heterocycles. The Labute approximate surface area is 142 Å². The molecule has 0 radical (unpaired) electrons. The van der Waals surface area contributed by atoms with E-state index in [1.54, 1.807) is 17.0 Å². The number of hydrogen-bond acceptors (Lipinski definition) is 3. The van der Waals surface area contributed by atoms with Crippen molar-refractivity contribution < 1.29 is 32.3 Å². The number of carbonyl (C=O) groups excluding carboxylic acids is 1. The van der Waals surface area contributed by atoms with Gasteiger partial charge in [-0.25, -0.2) is 9.18 Å². The minimum absolute atomic E-state index is 0.0671. The van der Waals surface area contributed by atoms with E-state index in [9.17, 15) is 22.4 Å². The number of carbonyl (C=O) groups is 2. The Kier molecular flexibility index (Phi) is 6.53. The van der Waals surface area contributed by atoms with Crippen molar-refractivity contribution in [3.05, 3.63) is 35.1 Å². The van der Waals surface area contributed by atoms with Crippen molar-refractivity contribution >= 4 is 11.9 Å². The summed E-state index contributed by atoms with van der Waals surface area (Å²) in [5, 5.41) is 7.12. The van der Waals surface area contributed by atoms with Crippen molar-refractivity contribution in [3.63, 3.8) is 0 Å². The summed E-state index contributed by atoms with van der Waals surface area (Å²) in [6.45, 7) is 4.90. The maximum Gasteiger partial charge on any atom is 0.490 e. The van der Waals surface area contributed by atoms with Crippen LogP contribution in [0.25, 0.3) is 0 Å². The van der Waals surface area contributed by atoms with Gasteiger partial charge in [0.05, 0.1) is 0 Å². The van der Waals surface area contributed by atoms with Crippen LogP contribution in [0.2, 0.25) is 0 Å². The molecule has 2 rings (SSSR count). The summed E-state index contributed by atoms with van der Waals surface area (Å²) in [6.07, 6.45) is -4.03. The molecule has 0 bridgehead atoms. The second kappa shape index (κ2) is 7.81. The van der Waals surface area contributed by atoms with Crippen molar-refractivity contribution in [2.45, 2.75) is 44.9 Å². The highest BCUT2D eigenvalue weighted by Crippen LogP contribution is 2.21. The zero-order chi connectivity index (χ0) is 19.4. The first-order valence-electron chi connectivity index (χ1n) is 7.43. The van der Waals surface area contributed by atoms with Gasteiger partial charge in [-0.1, -0.05) is 6.07 Å². The molecule has 0 spiro atoms. The number of nitrogens with zero attached hydrogens (tertiary/aromatic N) is 1. The fourth-order valence-electron chi connectivity index (χ4n) is 2.24. The van der Waals surface area contributed by atoms with Crippen LogP contribution in [0, 0.1) is 5.82 Å². The summed E-state index contributed by atoms with van der Waals surface area (Å²) in [6, 6.07) is 4.77. The van der Waals surface area contributed by atoms with Gasteiger partial charge in [0.15, 0.2) is 0 Å². The first-order valence-corrected chi connectivity index (χ1v) is 7.43. The van der Waals surface area contributed by atoms with E-state index >= 15 is 0 Å². The first kappa shape index (κ1) is 20.9. The molecular weight excluding hydrogens is 344 g/mol. The van der Waals surface area contributed by atoms with E-state index in [2.05, 4.69) is 0 Å². The average molecular weight is 364 g/mol. The largest absolute Gasteiger partial charge is 0.490 e. The molecule has 3 N–H and O–H groups in total. The van der Waals surface area contributed by atoms with Crippen molar-refractivity contribution in [2.24, 2.45) is 5.73 Å². The van der Waals surface area contributed by atoms with E-state index in [-0.39, 0.29) is 11.7 Å². The Balaban J connectivity index is 0.000000381. The molecule has 140 valence electrons. The third-order valence-electron chi connectivity index (χ3n) is 3.38. The number of benzene rings is 1. The van der Waals surface area contributed by atoms with Gasteiger partial charge < -0.3 is 15.7 Å². The number of hydrogen-bond donors (Lipinski definition) is 2. The fraction of sp³-hybridized carbons (Fsp3) is 0.500. The van der Waals surface area contributed by atoms with Crippen molar-refractivity contribution in [1.82, 2.24) is 4.90 Å². The molecule has 0 unspecified atom stereocenters. The monoisotopic (exact) mass is 364 g/mol. The summed E-state index contributed by atoms with van der Waals surface area (Å²) in [5.41, 5.74) is 7.41. The molecule has 25 heavy (non-hydrogen) atoms. The van der Waals surface area contributed by atoms with E-state index in [0.717, 1.165) is 11.1 Å². The Bertz CT molecular complexity index is 639. The molecule has 1 amide bonds. The van der Waals surface area contributed by atoms with Gasteiger partial charge in [0.1, 0.15) is 5.82 Å². The van der Waals surface area contributed by atoms with E-state index in [4.69, 9.17) is 15.6 Å². The summed E-state index contributed by atoms with van der Waals surface area (Å²) in [5.74, 6) is -2.90. The molecule has 1 aliphatic rings. The highest BCUT2D eigenvalue weighted by molar-refractivity contribution is 5.77. The Morgan fingerprint density at radius 2 is 1.80 bits per heavy atom. The Hall–Kier alpha value is -2.16. The number of alkyl halides is 3. The minimum atomic E-state index is -5.08. The van der Waals surface area contributed by atoms with E-state index in [1.807, 2.05) is 13.8 Å². The smallest absolute Gasteiger partial charge is 0.475 e. The van der Waals surface area contributed by atoms with Crippen LogP contribution >= 0.6 is 0 Å². The number of nitrogens with two attached hydrogens (primary N) is 1. The van der Waals surface area contributed by atoms with E-state index in [0.29, 0.717) is 25.9 Å². The molecule has 0 saturated heterocycles. The third-order valence-corrected chi connectivity index (χ3v) is 3.38. The Morgan fingerprint density at radius 3 is 2.28 bits per heavy atom. The summed E-state index contributed by atoms with van der Waals surface area (Å²) < 4.78 is 44.8. The van der Waals surface area contributed by atoms with Gasteiger partial charge in [0.25, 0.3) is 0 Å². The fourth-order valence-corrected chi connectivity index (χ4v) is 2.24. The molecule has 0 saturated carbocycles. The van der Waals surface area contributed by atoms with Crippen LogP contribution in [-0.2, 0) is 22.6 Å². The van der Waals surface area contributed by atoms with Crippen LogP contribution in [-0.4, -0.2) is 40.1 Å². The molecule has 1 aromatic rings. The number of rotatable bonds is 2. The van der Waals surface area contributed by atoms with Crippen molar-refractivity contribution in [1.29, 1.82) is 0 Å². The Morgan fingerprint density at radius 1 is 1.24 bits per heavy atom. The lowest BCUT2D eigenvalue weighted by molar-refractivity contribution is -0.192. The number of amides is 1. The molecule has 0 atom stereocenters. The summed E-state index contributed by atoms with van der Waals surface area (Å²) in [4.78, 5) is 22.8. The minimum Gasteiger partial charge on any atom is -0.475 e. The maximum atomic E-state index is 13.1. The number of aliphatic carboxylic acids is 1. The van der Waals surface area contributed by atoms with E-state index < -0.39 is 17.7 Å². The van der Waals surface area contributed by atoms with E-state index in [1.165, 1.54) is 6.07 Å². The van der Waals surface area contributed by atoms with Crippen LogP contribution in [0.4, 0.5) is 17.6 Å². The van der Waals surface area contributed by atoms with Crippen LogP contribution < -0.4 is 5.73 Å². The molecule has 5 nitrogen and oxygen atoms in total. The van der Waals surface area contributed by atoms with Crippen LogP contribution in [0.15, 0.2) is 18.2 Å². The molecule has 0 fully saturated rings. The third kappa shape index (κ3) is 7.08. The number of carboxylic acid groups (broad SMARTS) is 1. The molecule has 0 aliphatic carbocycles. The van der Waals surface area contributed by atoms with Crippen LogP contribution in [0.3, 0.4) is 0 Å². The van der Waals surface area contributed by atoms with Gasteiger partial charge in [-0.3, -0.25) is 4.79 Å². The van der Waals surface area contributed by atoms with Crippen molar-refractivity contribution in [2.75, 3.05) is 6.54 Å². The van der Waals surface area contributed by atoms with Gasteiger partial charge in [0.2, 0.25) is 5.91 Å². The van der Waals surface area contributed by atoms with Gasteiger partial charge in [-0.05, 0) is 43.5 Å². The summed E-state index contributed by atoms with van der Waals surface area (Å²) >= 11 is 0. The molecule has 1 aromatic carbocycles. The summed E-state index contributed by atoms with van der Waals surface area (Å²) in [7, 11) is 0. The lowest BCUT2D eigenvalue weighted by Gasteiger charge is -2.31. The van der Waals surface area contributed by atoms with Gasteiger partial charge in [0, 0.05) is 25.0 Å². The zero-order valence-corrected chi connectivity index (χ0v) is 13.9. The highest BCUT2D eigenvalue weighted by atomic mass is 19.4. The standard InChI is InChI=1S/C14H19FN2O.C2HF3O2/c1-14(2,16)8-13(18)17-6-5-10-7-12(15)4-3-11(10)9-17;3-2(4,5)1(6)7/h3-4,7H,5-6,8-9,16H2,1-2H3;(H,6,7). The second-order valence-corrected chi connectivity index (χ2v) is 6.45. The number of fused-ring (bicyclic) bond motifs is 1. The quantitative estimate of drug-likeness (QED) is 0.790. The predicted octanol–water partition coefficient (Wildman–Crippen LogP) is 2.47. The molecule has 1 heterocycles. The zero-order valence-electron chi connectivity index (χ0n) is 13.9. The number of halogens is 4. The van der Waals surface area contributed by atoms with Crippen LogP contribution in [0.5, 0.6) is 0 Å². The molecule has 1 aliphatic heterocycles. The van der Waals surface area contributed by atoms with Crippen LogP contribution in [0.1, 0.15) is 31.4 Å². The number of carboxylic acids is 1. The lowest BCUT2D eigenvalue weighted by atomic mass is 9.97. The predicted molar refractivity (Wildman–Crippen MR) is 82.1 cm³/mol.